The van der Waals surface area contributed by atoms with Crippen LogP contribution in [0.2, 0.25) is 0 Å². The van der Waals surface area contributed by atoms with Gasteiger partial charge >= 0.3 is 0 Å². The smallest absolute Gasteiger partial charge is 0.252 e. The third-order valence-electron chi connectivity index (χ3n) is 7.96. The van der Waals surface area contributed by atoms with Crippen LogP contribution in [0.25, 0.3) is 10.9 Å². The number of nitrogens with zero attached hydrogens (tertiary/aromatic N) is 3. The molecule has 0 fully saturated rings. The van der Waals surface area contributed by atoms with Crippen molar-refractivity contribution in [1.29, 1.82) is 0 Å². The van der Waals surface area contributed by atoms with Gasteiger partial charge in [0.2, 0.25) is 17.7 Å². The number of ether oxygens (including phenoxy) is 2. The fourth-order valence-corrected chi connectivity index (χ4v) is 5.33. The number of hydrogen-bond acceptors (Lipinski definition) is 8. The molecule has 4 amide bonds. The predicted octanol–water partition coefficient (Wildman–Crippen LogP) is 1.85. The van der Waals surface area contributed by atoms with Gasteiger partial charge in [-0.1, -0.05) is 37.3 Å². The maximum absolute atomic E-state index is 13.9. The SMILES string of the molecule is COc1ccc2cc1OCCCn1cc(nn1)CNC(=O)[C@@H](C)NC(=O)[C@H](C(C)C)NC(=O)[C@@H](Cc1c[nH]c3ccccc13)NC2=O. The van der Waals surface area contributed by atoms with Crippen molar-refractivity contribution in [2.24, 2.45) is 5.92 Å². The first-order chi connectivity index (χ1) is 22.6. The molecule has 3 heterocycles. The number of benzene rings is 2. The van der Waals surface area contributed by atoms with E-state index in [9.17, 15) is 19.2 Å². The van der Waals surface area contributed by atoms with Gasteiger partial charge in [0.25, 0.3) is 5.91 Å². The summed E-state index contributed by atoms with van der Waals surface area (Å²) in [6.07, 6.45) is 4.24. The summed E-state index contributed by atoms with van der Waals surface area (Å²) < 4.78 is 13.1. The molecule has 3 atom stereocenters. The number of fused-ring (bicyclic) bond motifs is 5. The van der Waals surface area contributed by atoms with E-state index in [1.807, 2.05) is 24.3 Å². The Bertz CT molecular complexity index is 1750. The Hall–Kier alpha value is -5.40. The third-order valence-corrected chi connectivity index (χ3v) is 7.96. The molecule has 248 valence electrons. The van der Waals surface area contributed by atoms with Crippen molar-refractivity contribution < 1.29 is 28.7 Å². The summed E-state index contributed by atoms with van der Waals surface area (Å²) >= 11 is 0. The molecule has 4 aromatic rings. The van der Waals surface area contributed by atoms with Gasteiger partial charge in [-0.15, -0.1) is 5.10 Å². The molecule has 2 aromatic heterocycles. The van der Waals surface area contributed by atoms with Crippen molar-refractivity contribution in [1.82, 2.24) is 41.2 Å². The Balaban J connectivity index is 1.45. The van der Waals surface area contributed by atoms with Gasteiger partial charge in [0, 0.05) is 42.0 Å². The molecule has 5 rings (SSSR count). The van der Waals surface area contributed by atoms with Crippen LogP contribution < -0.4 is 30.7 Å². The molecule has 4 bridgehead atoms. The molecule has 1 aliphatic heterocycles. The Labute approximate surface area is 272 Å². The zero-order valence-electron chi connectivity index (χ0n) is 26.8. The van der Waals surface area contributed by atoms with Gasteiger partial charge < -0.3 is 35.7 Å². The van der Waals surface area contributed by atoms with Crippen LogP contribution in [0.5, 0.6) is 11.5 Å². The molecule has 0 aliphatic carbocycles. The summed E-state index contributed by atoms with van der Waals surface area (Å²) in [5, 5.41) is 20.3. The first kappa shape index (κ1) is 33.0. The number of carbonyl (C=O) groups excluding carboxylic acids is 4. The summed E-state index contributed by atoms with van der Waals surface area (Å²) in [5.41, 5.74) is 2.52. The number of methoxy groups -OCH3 is 1. The van der Waals surface area contributed by atoms with Crippen molar-refractivity contribution in [2.45, 2.75) is 64.8 Å². The lowest BCUT2D eigenvalue weighted by atomic mass is 10.00. The number of nitrogens with one attached hydrogen (secondary N) is 5. The number of amides is 4. The Morgan fingerprint density at radius 1 is 1.02 bits per heavy atom. The maximum Gasteiger partial charge on any atom is 0.252 e. The third kappa shape index (κ3) is 8.07. The van der Waals surface area contributed by atoms with Crippen LogP contribution in [0, 0.1) is 5.92 Å². The van der Waals surface area contributed by atoms with E-state index in [4.69, 9.17) is 9.47 Å². The minimum atomic E-state index is -1.05. The van der Waals surface area contributed by atoms with Crippen molar-refractivity contribution in [3.8, 4) is 11.5 Å². The number of aryl methyl sites for hydroxylation is 1. The zero-order valence-corrected chi connectivity index (χ0v) is 26.8. The fourth-order valence-electron chi connectivity index (χ4n) is 5.33. The van der Waals surface area contributed by atoms with Crippen molar-refractivity contribution in [3.05, 3.63) is 71.7 Å². The standard InChI is InChI=1S/C33H40N8O6/c1-19(2)29-33(45)36-20(3)30(42)35-17-23-18-41(40-39-23)12-7-13-47-28-15-21(10-11-27(28)46-4)31(43)37-26(32(44)38-29)14-22-16-34-25-9-6-5-8-24(22)25/h5-6,8-11,15-16,18-20,26,29,34H,7,12-14,17H2,1-4H3,(H,35,42)(H,36,45)(H,37,43)(H,38,44)/t20-,26-,29+/m1/s1. The highest BCUT2D eigenvalue weighted by atomic mass is 16.5. The van der Waals surface area contributed by atoms with E-state index in [1.54, 1.807) is 56.0 Å². The van der Waals surface area contributed by atoms with Gasteiger partial charge in [-0.3, -0.25) is 23.9 Å². The molecule has 0 radical (unpaired) electrons. The van der Waals surface area contributed by atoms with Gasteiger partial charge in [-0.05, 0) is 42.7 Å². The second-order valence-corrected chi connectivity index (χ2v) is 11.8. The van der Waals surface area contributed by atoms with E-state index >= 15 is 0 Å². The first-order valence-corrected chi connectivity index (χ1v) is 15.6. The second kappa shape index (κ2) is 14.8. The highest BCUT2D eigenvalue weighted by Gasteiger charge is 2.31. The fraction of sp³-hybridized carbons (Fsp3) is 0.394. The van der Waals surface area contributed by atoms with E-state index in [1.165, 1.54) is 7.11 Å². The molecule has 0 unspecified atom stereocenters. The summed E-state index contributed by atoms with van der Waals surface area (Å²) in [4.78, 5) is 57.0. The molecule has 14 nitrogen and oxygen atoms in total. The molecule has 0 spiro atoms. The van der Waals surface area contributed by atoms with Gasteiger partial charge in [0.1, 0.15) is 23.8 Å². The van der Waals surface area contributed by atoms with Crippen molar-refractivity contribution in [2.75, 3.05) is 13.7 Å². The van der Waals surface area contributed by atoms with Gasteiger partial charge in [-0.2, -0.15) is 0 Å². The van der Waals surface area contributed by atoms with Crippen LogP contribution in [0.15, 0.2) is 54.9 Å². The molecule has 2 aromatic carbocycles. The number of H-pyrrole nitrogens is 1. The number of carbonyl (C=O) groups is 4. The minimum Gasteiger partial charge on any atom is -0.493 e. The van der Waals surface area contributed by atoms with Gasteiger partial charge in [-0.25, -0.2) is 0 Å². The number of para-hydroxylation sites is 1. The Kier molecular flexibility index (Phi) is 10.4. The maximum atomic E-state index is 13.9. The minimum absolute atomic E-state index is 0.124. The Morgan fingerprint density at radius 2 is 1.83 bits per heavy atom. The topological polar surface area (TPSA) is 181 Å². The van der Waals surface area contributed by atoms with Crippen LogP contribution in [-0.4, -0.2) is 75.4 Å². The largest absolute Gasteiger partial charge is 0.493 e. The van der Waals surface area contributed by atoms with E-state index in [0.29, 0.717) is 36.8 Å². The van der Waals surface area contributed by atoms with Crippen LogP contribution in [0.4, 0.5) is 0 Å². The van der Waals surface area contributed by atoms with Crippen LogP contribution in [0.3, 0.4) is 0 Å². The first-order valence-electron chi connectivity index (χ1n) is 15.6. The summed E-state index contributed by atoms with van der Waals surface area (Å²) in [6, 6.07) is 9.53. The van der Waals surface area contributed by atoms with E-state index in [2.05, 4.69) is 36.6 Å². The van der Waals surface area contributed by atoms with Crippen LogP contribution in [-0.2, 0) is 33.9 Å². The molecule has 5 N–H and O–H groups in total. The molecule has 14 heteroatoms. The van der Waals surface area contributed by atoms with Crippen LogP contribution >= 0.6 is 0 Å². The number of hydrogen-bond donors (Lipinski definition) is 5. The van der Waals surface area contributed by atoms with Crippen molar-refractivity contribution in [3.63, 3.8) is 0 Å². The summed E-state index contributed by atoms with van der Waals surface area (Å²) in [6.45, 7) is 6.05. The average molecular weight is 645 g/mol. The number of aromatic nitrogens is 4. The number of rotatable bonds is 4. The highest BCUT2D eigenvalue weighted by molar-refractivity contribution is 5.99. The molecular weight excluding hydrogens is 604 g/mol. The zero-order chi connectivity index (χ0) is 33.5. The van der Waals surface area contributed by atoms with E-state index in [0.717, 1.165) is 16.5 Å². The van der Waals surface area contributed by atoms with Gasteiger partial charge in [0.15, 0.2) is 11.5 Å². The summed E-state index contributed by atoms with van der Waals surface area (Å²) in [5.74, 6) is -1.53. The number of aromatic amines is 1. The molecule has 1 aliphatic rings. The normalized spacial score (nSPS) is 20.2. The quantitative estimate of drug-likeness (QED) is 0.223. The highest BCUT2D eigenvalue weighted by Crippen LogP contribution is 2.28. The van der Waals surface area contributed by atoms with E-state index in [-0.39, 0.29) is 24.4 Å². The summed E-state index contributed by atoms with van der Waals surface area (Å²) in [7, 11) is 1.51. The molecule has 0 saturated heterocycles. The molecular formula is C33H40N8O6. The van der Waals surface area contributed by atoms with E-state index < -0.39 is 41.8 Å². The lowest BCUT2D eigenvalue weighted by Gasteiger charge is -2.26. The molecule has 47 heavy (non-hydrogen) atoms. The second-order valence-electron chi connectivity index (χ2n) is 11.8. The van der Waals surface area contributed by atoms with Gasteiger partial charge in [0.05, 0.1) is 26.5 Å². The predicted molar refractivity (Wildman–Crippen MR) is 173 cm³/mol. The van der Waals surface area contributed by atoms with Crippen LogP contribution in [0.1, 0.15) is 48.8 Å². The Morgan fingerprint density at radius 3 is 2.62 bits per heavy atom. The molecule has 0 saturated carbocycles. The average Bonchev–Trinajstić information content (AvgIpc) is 3.70. The lowest BCUT2D eigenvalue weighted by molar-refractivity contribution is -0.133. The monoisotopic (exact) mass is 644 g/mol. The van der Waals surface area contributed by atoms with Crippen molar-refractivity contribution >= 4 is 34.5 Å². The lowest BCUT2D eigenvalue weighted by Crippen LogP contribution is -2.58.